The van der Waals surface area contributed by atoms with E-state index >= 15 is 0 Å². The topological polar surface area (TPSA) is 105 Å². The number of nitrogens with one attached hydrogen (secondary N) is 2. The summed E-state index contributed by atoms with van der Waals surface area (Å²) in [5.41, 5.74) is 5.95. The number of hydrogen-bond donors (Lipinski definition) is 3. The number of rotatable bonds is 8. The highest BCUT2D eigenvalue weighted by Crippen LogP contribution is 2.26. The number of hydrogen-bond acceptors (Lipinski definition) is 4. The number of fused-ring (bicyclic) bond motifs is 1. The van der Waals surface area contributed by atoms with E-state index in [4.69, 9.17) is 5.73 Å². The fourth-order valence-corrected chi connectivity index (χ4v) is 4.23. The number of nitrogens with two attached hydrogens (primary N) is 1. The molecule has 0 bridgehead atoms. The summed E-state index contributed by atoms with van der Waals surface area (Å²) in [7, 11) is 0. The van der Waals surface area contributed by atoms with Crippen molar-refractivity contribution < 1.29 is 14.4 Å². The van der Waals surface area contributed by atoms with Gasteiger partial charge in [-0.3, -0.25) is 14.4 Å². The van der Waals surface area contributed by atoms with Crippen molar-refractivity contribution >= 4 is 40.9 Å². The van der Waals surface area contributed by atoms with Crippen LogP contribution in [0.15, 0.2) is 42.5 Å². The van der Waals surface area contributed by atoms with Crippen molar-refractivity contribution in [1.82, 2.24) is 15.5 Å². The van der Waals surface area contributed by atoms with Gasteiger partial charge in [0.1, 0.15) is 12.1 Å². The Labute approximate surface area is 208 Å². The quantitative estimate of drug-likeness (QED) is 0.497. The Morgan fingerprint density at radius 2 is 1.82 bits per heavy atom. The van der Waals surface area contributed by atoms with Gasteiger partial charge in [-0.05, 0) is 42.1 Å². The van der Waals surface area contributed by atoms with Crippen LogP contribution in [0.4, 0.5) is 0 Å². The summed E-state index contributed by atoms with van der Waals surface area (Å²) in [5.74, 6) is -0.555. The lowest BCUT2D eigenvalue weighted by molar-refractivity contribution is -0.145. The zero-order valence-electron chi connectivity index (χ0n) is 20.3. The van der Waals surface area contributed by atoms with Crippen molar-refractivity contribution in [2.45, 2.75) is 58.5 Å². The Hall–Kier alpha value is -2.64. The molecule has 0 aromatic heterocycles. The Morgan fingerprint density at radius 3 is 2.50 bits per heavy atom. The summed E-state index contributed by atoms with van der Waals surface area (Å²) in [5, 5.41) is 8.03. The van der Waals surface area contributed by atoms with E-state index < -0.39 is 17.5 Å². The van der Waals surface area contributed by atoms with Gasteiger partial charge in [-0.25, -0.2) is 0 Å². The highest BCUT2D eigenvalue weighted by molar-refractivity contribution is 5.93. The maximum absolute atomic E-state index is 13.2. The van der Waals surface area contributed by atoms with E-state index in [2.05, 4.69) is 10.6 Å². The lowest BCUT2D eigenvalue weighted by atomic mass is 9.94. The third-order valence-electron chi connectivity index (χ3n) is 6.02. The highest BCUT2D eigenvalue weighted by atomic mass is 35.5. The molecule has 2 aromatic carbocycles. The number of amides is 3. The fraction of sp³-hybridized carbons (Fsp3) is 0.500. The average molecular weight is 489 g/mol. The molecule has 8 heteroatoms. The first kappa shape index (κ1) is 27.6. The molecule has 3 amide bonds. The van der Waals surface area contributed by atoms with Crippen LogP contribution in [0.25, 0.3) is 10.8 Å². The van der Waals surface area contributed by atoms with Crippen molar-refractivity contribution in [3.63, 3.8) is 0 Å². The maximum Gasteiger partial charge on any atom is 0.243 e. The van der Waals surface area contributed by atoms with Crippen LogP contribution in [0.2, 0.25) is 0 Å². The molecule has 0 aliphatic carbocycles. The van der Waals surface area contributed by atoms with Gasteiger partial charge in [0.15, 0.2) is 0 Å². The van der Waals surface area contributed by atoms with Crippen molar-refractivity contribution in [2.24, 2.45) is 11.1 Å². The Balaban J connectivity index is 0.00000408. The second-order valence-electron chi connectivity index (χ2n) is 9.79. The summed E-state index contributed by atoms with van der Waals surface area (Å²) >= 11 is 0. The van der Waals surface area contributed by atoms with E-state index in [1.807, 2.05) is 63.2 Å². The molecule has 1 aliphatic heterocycles. The van der Waals surface area contributed by atoms with Crippen molar-refractivity contribution in [3.05, 3.63) is 48.0 Å². The van der Waals surface area contributed by atoms with Crippen LogP contribution < -0.4 is 16.4 Å². The van der Waals surface area contributed by atoms with Crippen LogP contribution >= 0.6 is 12.4 Å². The molecule has 2 aromatic rings. The number of halogens is 1. The molecule has 3 rings (SSSR count). The summed E-state index contributed by atoms with van der Waals surface area (Å²) in [6.45, 7) is 7.07. The van der Waals surface area contributed by atoms with Gasteiger partial charge in [0.2, 0.25) is 17.7 Å². The monoisotopic (exact) mass is 488 g/mol. The largest absolute Gasteiger partial charge is 0.354 e. The minimum Gasteiger partial charge on any atom is -0.354 e. The zero-order valence-corrected chi connectivity index (χ0v) is 21.1. The Kier molecular flexibility index (Phi) is 9.89. The van der Waals surface area contributed by atoms with Gasteiger partial charge in [-0.15, -0.1) is 12.4 Å². The number of benzene rings is 2. The molecular formula is C26H37ClN4O3. The molecular weight excluding hydrogens is 452 g/mol. The smallest absolute Gasteiger partial charge is 0.243 e. The van der Waals surface area contributed by atoms with E-state index in [0.717, 1.165) is 22.8 Å². The highest BCUT2D eigenvalue weighted by Gasteiger charge is 2.39. The maximum atomic E-state index is 13.2. The van der Waals surface area contributed by atoms with Crippen LogP contribution in [0.1, 0.15) is 45.6 Å². The summed E-state index contributed by atoms with van der Waals surface area (Å²) in [6, 6.07) is 12.8. The van der Waals surface area contributed by atoms with E-state index in [1.165, 1.54) is 0 Å². The predicted molar refractivity (Wildman–Crippen MR) is 138 cm³/mol. The normalized spacial score (nSPS) is 16.6. The molecule has 1 aliphatic rings. The lowest BCUT2D eigenvalue weighted by Gasteiger charge is -2.31. The first-order chi connectivity index (χ1) is 15.7. The molecule has 7 nitrogen and oxygen atoms in total. The third kappa shape index (κ3) is 6.93. The molecule has 0 spiro atoms. The van der Waals surface area contributed by atoms with E-state index in [9.17, 15) is 14.4 Å². The summed E-state index contributed by atoms with van der Waals surface area (Å²) in [6.07, 6.45) is 2.41. The van der Waals surface area contributed by atoms with Crippen LogP contribution in [-0.2, 0) is 20.8 Å². The van der Waals surface area contributed by atoms with Crippen molar-refractivity contribution in [2.75, 3.05) is 19.6 Å². The van der Waals surface area contributed by atoms with Gasteiger partial charge in [0.25, 0.3) is 0 Å². The van der Waals surface area contributed by atoms with E-state index in [1.54, 1.807) is 4.90 Å². The molecule has 1 fully saturated rings. The molecule has 1 unspecified atom stereocenters. The van der Waals surface area contributed by atoms with Gasteiger partial charge in [-0.2, -0.15) is 0 Å². The van der Waals surface area contributed by atoms with Crippen LogP contribution in [-0.4, -0.2) is 54.3 Å². The standard InChI is InChI=1S/C26H36N4O3.ClH/c1-26(2,3)25(33)30-15-6-10-22(30)24(32)29-21(23(31)28-14-7-13-27)17-18-11-12-19-8-4-5-9-20(19)16-18;/h4-5,8-9,11-12,16,21-22H,6-7,10,13-15,17,27H2,1-3H3,(H,28,31)(H,29,32);1H/t21-,22?;/m1./s1. The number of carbonyl (C=O) groups is 3. The first-order valence-electron chi connectivity index (χ1n) is 11.8. The van der Waals surface area contributed by atoms with Gasteiger partial charge >= 0.3 is 0 Å². The van der Waals surface area contributed by atoms with Crippen molar-refractivity contribution in [1.29, 1.82) is 0 Å². The van der Waals surface area contributed by atoms with Crippen molar-refractivity contribution in [3.8, 4) is 0 Å². The van der Waals surface area contributed by atoms with Gasteiger partial charge in [-0.1, -0.05) is 63.2 Å². The zero-order chi connectivity index (χ0) is 24.0. The molecule has 186 valence electrons. The average Bonchev–Trinajstić information content (AvgIpc) is 3.27. The van der Waals surface area contributed by atoms with Gasteiger partial charge in [0.05, 0.1) is 0 Å². The number of nitrogens with zero attached hydrogens (tertiary/aromatic N) is 1. The van der Waals surface area contributed by atoms with Crippen LogP contribution in [0, 0.1) is 5.41 Å². The van der Waals surface area contributed by atoms with Crippen LogP contribution in [0.3, 0.4) is 0 Å². The number of likely N-dealkylation sites (tertiary alicyclic amines) is 1. The number of carbonyl (C=O) groups excluding carboxylic acids is 3. The Morgan fingerprint density at radius 1 is 1.12 bits per heavy atom. The molecule has 0 radical (unpaired) electrons. The minimum atomic E-state index is -0.733. The SMILES string of the molecule is CC(C)(C)C(=O)N1CCCC1C(=O)N[C@H](Cc1ccc2ccccc2c1)C(=O)NCCCN.Cl. The molecule has 4 N–H and O–H groups in total. The predicted octanol–water partition coefficient (Wildman–Crippen LogP) is 2.79. The van der Waals surface area contributed by atoms with Gasteiger partial charge < -0.3 is 21.3 Å². The molecule has 34 heavy (non-hydrogen) atoms. The molecule has 1 saturated heterocycles. The minimum absolute atomic E-state index is 0. The first-order valence-corrected chi connectivity index (χ1v) is 11.8. The fourth-order valence-electron chi connectivity index (χ4n) is 4.23. The summed E-state index contributed by atoms with van der Waals surface area (Å²) in [4.78, 5) is 40.7. The Bertz CT molecular complexity index is 1000. The van der Waals surface area contributed by atoms with E-state index in [-0.39, 0.29) is 30.1 Å². The molecule has 2 atom stereocenters. The third-order valence-corrected chi connectivity index (χ3v) is 6.02. The van der Waals surface area contributed by atoms with Crippen LogP contribution in [0.5, 0.6) is 0 Å². The van der Waals surface area contributed by atoms with Gasteiger partial charge in [0, 0.05) is 24.9 Å². The molecule has 0 saturated carbocycles. The van der Waals surface area contributed by atoms with E-state index in [0.29, 0.717) is 38.9 Å². The second kappa shape index (κ2) is 12.2. The summed E-state index contributed by atoms with van der Waals surface area (Å²) < 4.78 is 0. The second-order valence-corrected chi connectivity index (χ2v) is 9.79. The lowest BCUT2D eigenvalue weighted by Crippen LogP contribution is -2.55. The molecule has 1 heterocycles.